The fourth-order valence-electron chi connectivity index (χ4n) is 6.47. The van der Waals surface area contributed by atoms with Crippen LogP contribution in [0, 0.1) is 17.6 Å². The van der Waals surface area contributed by atoms with E-state index in [4.69, 9.17) is 5.73 Å². The Bertz CT molecular complexity index is 1850. The number of fused-ring (bicyclic) bond motifs is 1. The number of carboxylic acids is 1. The number of piperazine rings is 1. The molecule has 17 heteroatoms. The second-order valence-corrected chi connectivity index (χ2v) is 14.3. The fraction of sp³-hybridized carbons (Fsp3) is 0.419. The number of likely N-dealkylation sites (N-methyl/N-ethyl adjacent to an activating group) is 1. The largest absolute Gasteiger partial charge is 0.481 e. The Kier molecular flexibility index (Phi) is 9.10. The fourth-order valence-corrected chi connectivity index (χ4v) is 7.92. The number of benzene rings is 2. The molecule has 2 aromatic carbocycles. The van der Waals surface area contributed by atoms with Crippen molar-refractivity contribution in [2.45, 2.75) is 30.7 Å². The van der Waals surface area contributed by atoms with Crippen LogP contribution in [-0.4, -0.2) is 104 Å². The number of anilines is 3. The summed E-state index contributed by atoms with van der Waals surface area (Å²) in [6.45, 7) is 3.52. The van der Waals surface area contributed by atoms with Crippen LogP contribution in [0.4, 0.5) is 26.0 Å². The van der Waals surface area contributed by atoms with Gasteiger partial charge in [0.05, 0.1) is 33.3 Å². The van der Waals surface area contributed by atoms with E-state index in [1.807, 2.05) is 11.9 Å². The number of piperidine rings is 1. The van der Waals surface area contributed by atoms with E-state index in [1.165, 1.54) is 0 Å². The summed E-state index contributed by atoms with van der Waals surface area (Å²) in [6, 6.07) is 5.26. The number of carboxylic acid groups (broad SMARTS) is 1. The number of hydrogen-bond donors (Lipinski definition) is 4. The number of primary amides is 1. The highest BCUT2D eigenvalue weighted by Gasteiger charge is 2.34. The zero-order chi connectivity index (χ0) is 34.3. The molecule has 0 atom stereocenters. The molecule has 6 rings (SSSR count). The van der Waals surface area contributed by atoms with Gasteiger partial charge in [-0.2, -0.15) is 9.40 Å². The van der Waals surface area contributed by atoms with E-state index in [0.29, 0.717) is 67.7 Å². The molecule has 0 radical (unpaired) electrons. The number of carbonyl (C=O) groups excluding carboxylic acids is 2. The van der Waals surface area contributed by atoms with E-state index in [1.54, 1.807) is 12.1 Å². The lowest BCUT2D eigenvalue weighted by Crippen LogP contribution is -2.45. The van der Waals surface area contributed by atoms with Crippen LogP contribution in [0.2, 0.25) is 0 Å². The van der Waals surface area contributed by atoms with Crippen LogP contribution >= 0.6 is 0 Å². The number of aromatic nitrogens is 2. The van der Waals surface area contributed by atoms with Crippen LogP contribution in [0.25, 0.3) is 0 Å². The van der Waals surface area contributed by atoms with Gasteiger partial charge in [-0.3, -0.25) is 19.5 Å². The first-order valence-corrected chi connectivity index (χ1v) is 17.0. The number of nitrogens with one attached hydrogen (secondary N) is 2. The Morgan fingerprint density at radius 3 is 2.12 bits per heavy atom. The lowest BCUT2D eigenvalue weighted by atomic mass is 9.95. The number of aliphatic carboxylic acids is 1. The Labute approximate surface area is 275 Å². The summed E-state index contributed by atoms with van der Waals surface area (Å²) in [5.74, 6) is -4.89. The summed E-state index contributed by atoms with van der Waals surface area (Å²) >= 11 is 0. The third-order valence-electron chi connectivity index (χ3n) is 9.26. The van der Waals surface area contributed by atoms with Crippen LogP contribution in [0.1, 0.15) is 44.8 Å². The molecule has 0 bridgehead atoms. The van der Waals surface area contributed by atoms with Gasteiger partial charge in [-0.05, 0) is 44.2 Å². The molecule has 0 aliphatic carbocycles. The van der Waals surface area contributed by atoms with Crippen molar-refractivity contribution >= 4 is 45.0 Å². The average Bonchev–Trinajstić information content (AvgIpc) is 3.45. The van der Waals surface area contributed by atoms with E-state index in [-0.39, 0.29) is 36.5 Å². The molecule has 2 amide bonds. The first-order valence-electron chi connectivity index (χ1n) is 15.5. The maximum atomic E-state index is 13.9. The highest BCUT2D eigenvalue weighted by atomic mass is 32.2. The standard InChI is InChI=1S/C31H36F2N8O6S/c1-38-8-10-40(11-9-38)26-15-22(28(34)42)23(16-27(26)39-5-2-18(3-6-39)31(44)45)30(43)35-29-24-17-41(7-4-25(24)36-37-29)48(46,47)21-13-19(32)12-20(33)14-21/h12-16,18H,2-11,17H2,1H3,(H2,34,42)(H,44,45)(H2,35,36,37,43). The van der Waals surface area contributed by atoms with Crippen molar-refractivity contribution in [2.24, 2.45) is 11.7 Å². The van der Waals surface area contributed by atoms with E-state index in [9.17, 15) is 36.7 Å². The molecule has 256 valence electrons. The van der Waals surface area contributed by atoms with Gasteiger partial charge in [0, 0.05) is 76.1 Å². The molecule has 0 saturated carbocycles. The van der Waals surface area contributed by atoms with Gasteiger partial charge in [-0.1, -0.05) is 0 Å². The van der Waals surface area contributed by atoms with Crippen molar-refractivity contribution in [1.82, 2.24) is 19.4 Å². The minimum atomic E-state index is -4.30. The van der Waals surface area contributed by atoms with Gasteiger partial charge in [0.1, 0.15) is 11.6 Å². The Balaban J connectivity index is 1.31. The third-order valence-corrected chi connectivity index (χ3v) is 11.1. The zero-order valence-corrected chi connectivity index (χ0v) is 27.0. The lowest BCUT2D eigenvalue weighted by Gasteiger charge is -2.39. The maximum absolute atomic E-state index is 13.9. The maximum Gasteiger partial charge on any atom is 0.306 e. The Morgan fingerprint density at radius 1 is 0.917 bits per heavy atom. The number of aromatic amines is 1. The van der Waals surface area contributed by atoms with Crippen molar-refractivity contribution in [1.29, 1.82) is 0 Å². The zero-order valence-electron chi connectivity index (χ0n) is 26.2. The van der Waals surface area contributed by atoms with E-state index < -0.39 is 50.3 Å². The van der Waals surface area contributed by atoms with Crippen LogP contribution in [-0.2, 0) is 27.8 Å². The van der Waals surface area contributed by atoms with E-state index >= 15 is 0 Å². The number of nitrogens with zero attached hydrogens (tertiary/aromatic N) is 5. The lowest BCUT2D eigenvalue weighted by molar-refractivity contribution is -0.142. The number of rotatable bonds is 8. The van der Waals surface area contributed by atoms with Gasteiger partial charge in [0.25, 0.3) is 5.91 Å². The molecule has 3 aliphatic heterocycles. The molecule has 3 aliphatic rings. The molecule has 1 aromatic heterocycles. The smallest absolute Gasteiger partial charge is 0.306 e. The topological polar surface area (TPSA) is 185 Å². The molecule has 14 nitrogen and oxygen atoms in total. The quantitative estimate of drug-likeness (QED) is 0.273. The highest BCUT2D eigenvalue weighted by molar-refractivity contribution is 7.89. The van der Waals surface area contributed by atoms with Crippen molar-refractivity contribution in [3.8, 4) is 0 Å². The minimum absolute atomic E-state index is 0.00452. The van der Waals surface area contributed by atoms with Crippen LogP contribution in [0.5, 0.6) is 0 Å². The highest BCUT2D eigenvalue weighted by Crippen LogP contribution is 2.37. The van der Waals surface area contributed by atoms with Gasteiger partial charge in [-0.15, -0.1) is 0 Å². The first-order chi connectivity index (χ1) is 22.8. The predicted octanol–water partition coefficient (Wildman–Crippen LogP) is 1.84. The number of carbonyl (C=O) groups is 3. The van der Waals surface area contributed by atoms with Gasteiger partial charge >= 0.3 is 5.97 Å². The normalized spacial score (nSPS) is 18.1. The SMILES string of the molecule is CN1CCN(c2cc(C(N)=O)c(C(=O)Nc3n[nH]c4c3CN(S(=O)(=O)c3cc(F)cc(F)c3)CC4)cc2N2CCC(C(=O)O)CC2)CC1. The number of H-pyrrole nitrogens is 1. The summed E-state index contributed by atoms with van der Waals surface area (Å²) in [6.07, 6.45) is 1.02. The van der Waals surface area contributed by atoms with Gasteiger partial charge in [-0.25, -0.2) is 17.2 Å². The van der Waals surface area contributed by atoms with Crippen molar-refractivity contribution in [3.63, 3.8) is 0 Å². The number of amides is 2. The predicted molar refractivity (Wildman–Crippen MR) is 171 cm³/mol. The Morgan fingerprint density at radius 2 is 1.52 bits per heavy atom. The van der Waals surface area contributed by atoms with Gasteiger partial charge < -0.3 is 30.9 Å². The number of hydrogen-bond acceptors (Lipinski definition) is 9. The van der Waals surface area contributed by atoms with Crippen LogP contribution < -0.4 is 20.9 Å². The monoisotopic (exact) mass is 686 g/mol. The van der Waals surface area contributed by atoms with E-state index in [2.05, 4.69) is 25.3 Å². The van der Waals surface area contributed by atoms with Gasteiger partial charge in [0.2, 0.25) is 15.9 Å². The molecule has 3 aromatic rings. The molecule has 4 heterocycles. The Hall–Kier alpha value is -4.61. The molecule has 2 saturated heterocycles. The molecular weight excluding hydrogens is 650 g/mol. The molecule has 48 heavy (non-hydrogen) atoms. The second kappa shape index (κ2) is 13.1. The molecule has 2 fully saturated rings. The number of sulfonamides is 1. The summed E-state index contributed by atoms with van der Waals surface area (Å²) in [5, 5.41) is 19.2. The molecule has 5 N–H and O–H groups in total. The van der Waals surface area contributed by atoms with Gasteiger partial charge in [0.15, 0.2) is 5.82 Å². The van der Waals surface area contributed by atoms with Crippen molar-refractivity contribution < 1.29 is 36.7 Å². The molecular formula is C31H36F2N8O6S. The summed E-state index contributed by atoms with van der Waals surface area (Å²) in [5.41, 5.74) is 8.08. The second-order valence-electron chi connectivity index (χ2n) is 12.3. The van der Waals surface area contributed by atoms with E-state index in [0.717, 1.165) is 29.5 Å². The average molecular weight is 687 g/mol. The number of nitrogens with two attached hydrogens (primary N) is 1. The third kappa shape index (κ3) is 6.57. The summed E-state index contributed by atoms with van der Waals surface area (Å²) in [4.78, 5) is 44.1. The minimum Gasteiger partial charge on any atom is -0.481 e. The van der Waals surface area contributed by atoms with Crippen molar-refractivity contribution in [3.05, 3.63) is 64.4 Å². The summed E-state index contributed by atoms with van der Waals surface area (Å²) < 4.78 is 55.4. The summed E-state index contributed by atoms with van der Waals surface area (Å²) in [7, 11) is -2.29. The number of halogens is 2. The van der Waals surface area contributed by atoms with Crippen molar-refractivity contribution in [2.75, 3.05) is 68.0 Å². The molecule has 0 unspecified atom stereocenters. The first kappa shape index (κ1) is 33.3. The molecule has 0 spiro atoms. The van der Waals surface area contributed by atoms with Crippen LogP contribution in [0.3, 0.4) is 0 Å². The van der Waals surface area contributed by atoms with Crippen LogP contribution in [0.15, 0.2) is 35.2 Å².